The number of rotatable bonds is 4. The number of aliphatic hydroxyl groups is 1. The van der Waals surface area contributed by atoms with Crippen LogP contribution < -0.4 is 11.1 Å². The molecule has 1 spiro atoms. The van der Waals surface area contributed by atoms with Crippen LogP contribution in [0.25, 0.3) is 16.6 Å². The summed E-state index contributed by atoms with van der Waals surface area (Å²) in [7, 11) is 0. The van der Waals surface area contributed by atoms with E-state index in [9.17, 15) is 27.9 Å². The molecule has 2 saturated carbocycles. The van der Waals surface area contributed by atoms with Crippen molar-refractivity contribution in [2.75, 3.05) is 0 Å². The molecule has 4 N–H and O–H groups in total. The number of halogens is 3. The zero-order valence-corrected chi connectivity index (χ0v) is 17.4. The van der Waals surface area contributed by atoms with E-state index in [1.807, 2.05) is 0 Å². The van der Waals surface area contributed by atoms with Crippen LogP contribution in [0.2, 0.25) is 0 Å². The van der Waals surface area contributed by atoms with Gasteiger partial charge in [0.1, 0.15) is 0 Å². The monoisotopic (exact) mass is 458 g/mol. The smallest absolute Gasteiger partial charge is 0.391 e. The van der Waals surface area contributed by atoms with Gasteiger partial charge in [0.25, 0.3) is 11.8 Å². The number of primary amides is 1. The van der Waals surface area contributed by atoms with Crippen LogP contribution in [0, 0.1) is 5.41 Å². The zero-order valence-electron chi connectivity index (χ0n) is 17.4. The van der Waals surface area contributed by atoms with Crippen molar-refractivity contribution in [2.45, 2.75) is 44.0 Å². The lowest BCUT2D eigenvalue weighted by Crippen LogP contribution is -2.40. The number of carbonyl (C=O) groups excluding carboxylic acids is 2. The van der Waals surface area contributed by atoms with Gasteiger partial charge in [0.2, 0.25) is 5.82 Å². The predicted molar refractivity (Wildman–Crippen MR) is 112 cm³/mol. The van der Waals surface area contributed by atoms with E-state index >= 15 is 0 Å². The van der Waals surface area contributed by atoms with Crippen molar-refractivity contribution in [3.05, 3.63) is 59.7 Å². The molecule has 1 aromatic carbocycles. The van der Waals surface area contributed by atoms with Gasteiger partial charge in [-0.2, -0.15) is 13.2 Å². The Morgan fingerprint density at radius 2 is 1.94 bits per heavy atom. The van der Waals surface area contributed by atoms with E-state index in [1.165, 1.54) is 35.0 Å². The van der Waals surface area contributed by atoms with Gasteiger partial charge in [-0.15, -0.1) is 0 Å². The summed E-state index contributed by atoms with van der Waals surface area (Å²) < 4.78 is 42.6. The molecule has 33 heavy (non-hydrogen) atoms. The van der Waals surface area contributed by atoms with E-state index in [2.05, 4.69) is 10.3 Å². The third-order valence-electron chi connectivity index (χ3n) is 6.68. The molecule has 10 heteroatoms. The molecule has 2 aliphatic rings. The van der Waals surface area contributed by atoms with E-state index in [4.69, 9.17) is 5.73 Å². The van der Waals surface area contributed by atoms with Crippen molar-refractivity contribution in [1.82, 2.24) is 14.7 Å². The number of carbonyl (C=O) groups is 2. The molecule has 0 aliphatic heterocycles. The summed E-state index contributed by atoms with van der Waals surface area (Å²) in [5.74, 6) is -1.34. The second-order valence-electron chi connectivity index (χ2n) is 8.97. The molecule has 0 bridgehead atoms. The van der Waals surface area contributed by atoms with Crippen molar-refractivity contribution < 1.29 is 27.9 Å². The predicted octanol–water partition coefficient (Wildman–Crippen LogP) is 3.15. The van der Waals surface area contributed by atoms with Gasteiger partial charge in [0, 0.05) is 11.8 Å². The Kier molecular flexibility index (Phi) is 4.75. The fourth-order valence-corrected chi connectivity index (χ4v) is 4.78. The Balaban J connectivity index is 1.50. The van der Waals surface area contributed by atoms with Crippen LogP contribution in [0.4, 0.5) is 13.2 Å². The molecule has 2 atom stereocenters. The molecule has 0 unspecified atom stereocenters. The highest BCUT2D eigenvalue weighted by Crippen LogP contribution is 2.57. The normalized spacial score (nSPS) is 21.5. The number of nitrogens with zero attached hydrogens (tertiary/aromatic N) is 2. The minimum absolute atomic E-state index is 0.0377. The van der Waals surface area contributed by atoms with E-state index in [0.29, 0.717) is 18.4 Å². The highest BCUT2D eigenvalue weighted by Gasteiger charge is 2.52. The molecule has 3 aromatic rings. The van der Waals surface area contributed by atoms with Gasteiger partial charge in [-0.3, -0.25) is 14.0 Å². The van der Waals surface area contributed by atoms with Crippen LogP contribution in [0.5, 0.6) is 0 Å². The van der Waals surface area contributed by atoms with Crippen molar-refractivity contribution in [1.29, 1.82) is 0 Å². The first kappa shape index (κ1) is 21.4. The third-order valence-corrected chi connectivity index (χ3v) is 6.68. The summed E-state index contributed by atoms with van der Waals surface area (Å²) in [5.41, 5.74) is 4.96. The van der Waals surface area contributed by atoms with Crippen LogP contribution in [-0.2, 0) is 6.18 Å². The minimum Gasteiger partial charge on any atom is -0.391 e. The summed E-state index contributed by atoms with van der Waals surface area (Å²) in [4.78, 5) is 28.2. The first-order valence-electron chi connectivity index (χ1n) is 10.5. The number of hydrogen-bond donors (Lipinski definition) is 3. The maximum atomic E-state index is 13.7. The Morgan fingerprint density at radius 3 is 2.58 bits per heavy atom. The average molecular weight is 458 g/mol. The van der Waals surface area contributed by atoms with Crippen LogP contribution in [0.3, 0.4) is 0 Å². The lowest BCUT2D eigenvalue weighted by molar-refractivity contribution is -0.137. The highest BCUT2D eigenvalue weighted by atomic mass is 19.4. The molecule has 2 amide bonds. The fourth-order valence-electron chi connectivity index (χ4n) is 4.78. The number of imidazole rings is 1. The number of aliphatic hydroxyl groups excluding tert-OH is 1. The van der Waals surface area contributed by atoms with Gasteiger partial charge in [-0.1, -0.05) is 0 Å². The van der Waals surface area contributed by atoms with E-state index in [0.717, 1.165) is 25.0 Å². The first-order chi connectivity index (χ1) is 15.6. The Bertz CT molecular complexity index is 1280. The van der Waals surface area contributed by atoms with Crippen molar-refractivity contribution >= 4 is 17.3 Å². The third kappa shape index (κ3) is 3.84. The fraction of sp³-hybridized carbons (Fsp3) is 0.348. The summed E-state index contributed by atoms with van der Waals surface area (Å²) in [6, 6.07) is 5.66. The molecule has 2 heterocycles. The van der Waals surface area contributed by atoms with Crippen LogP contribution in [-0.4, -0.2) is 38.5 Å². The SMILES string of the molecule is NC(=O)c1ncc2cc(-c3cc(C(=O)N[C@H]4CC5(CC5)C[C@@H]4O)ccc3C(F)(F)F)ccn12. The molecule has 7 nitrogen and oxygen atoms in total. The van der Waals surface area contributed by atoms with E-state index in [-0.39, 0.29) is 27.9 Å². The summed E-state index contributed by atoms with van der Waals surface area (Å²) in [6.45, 7) is 0. The largest absolute Gasteiger partial charge is 0.417 e. The van der Waals surface area contributed by atoms with Crippen LogP contribution in [0.1, 0.15) is 52.2 Å². The Hall–Kier alpha value is -3.40. The molecule has 2 fully saturated rings. The van der Waals surface area contributed by atoms with Crippen LogP contribution in [0.15, 0.2) is 42.7 Å². The van der Waals surface area contributed by atoms with Gasteiger partial charge in [0.15, 0.2) is 0 Å². The number of nitrogens with two attached hydrogens (primary N) is 1. The second-order valence-corrected chi connectivity index (χ2v) is 8.97. The molecular weight excluding hydrogens is 437 g/mol. The number of benzene rings is 1. The van der Waals surface area contributed by atoms with Gasteiger partial charge >= 0.3 is 6.18 Å². The lowest BCUT2D eigenvalue weighted by atomic mass is 9.96. The molecule has 172 valence electrons. The topological polar surface area (TPSA) is 110 Å². The van der Waals surface area contributed by atoms with E-state index < -0.39 is 35.7 Å². The molecule has 2 aromatic heterocycles. The van der Waals surface area contributed by atoms with Gasteiger partial charge in [-0.05, 0) is 72.6 Å². The Morgan fingerprint density at radius 1 is 1.18 bits per heavy atom. The average Bonchev–Trinajstić information content (AvgIpc) is 3.24. The Labute approximate surface area is 186 Å². The second kappa shape index (κ2) is 7.31. The number of hydrogen-bond acceptors (Lipinski definition) is 4. The molecule has 5 rings (SSSR count). The maximum absolute atomic E-state index is 13.7. The minimum atomic E-state index is -4.64. The van der Waals surface area contributed by atoms with Gasteiger partial charge in [-0.25, -0.2) is 4.98 Å². The van der Waals surface area contributed by atoms with Crippen molar-refractivity contribution in [3.8, 4) is 11.1 Å². The maximum Gasteiger partial charge on any atom is 0.417 e. The standard InChI is InChI=1S/C23H21F3N4O3/c24-23(25,26)16-2-1-13(21(33)29-17-9-22(4-5-22)10-18(17)31)8-15(16)12-3-6-30-14(7-12)11-28-20(30)19(27)32/h1-3,6-8,11,17-18,31H,4-5,9-10H2,(H2,27,32)(H,29,33)/t17-,18-/m0/s1. The van der Waals surface area contributed by atoms with Gasteiger partial charge in [0.05, 0.1) is 29.4 Å². The molecule has 0 radical (unpaired) electrons. The number of fused-ring (bicyclic) bond motifs is 1. The van der Waals surface area contributed by atoms with E-state index in [1.54, 1.807) is 0 Å². The first-order valence-corrected chi connectivity index (χ1v) is 10.5. The quantitative estimate of drug-likeness (QED) is 0.558. The van der Waals surface area contributed by atoms with Gasteiger partial charge < -0.3 is 16.2 Å². The van der Waals surface area contributed by atoms with Crippen molar-refractivity contribution in [3.63, 3.8) is 0 Å². The molecule has 2 aliphatic carbocycles. The number of alkyl halides is 3. The zero-order chi connectivity index (χ0) is 23.5. The molecule has 0 saturated heterocycles. The summed E-state index contributed by atoms with van der Waals surface area (Å²) in [6.07, 6.45) is 0.800. The lowest BCUT2D eigenvalue weighted by Gasteiger charge is -2.18. The molecular formula is C23H21F3N4O3. The number of amides is 2. The summed E-state index contributed by atoms with van der Waals surface area (Å²) >= 11 is 0. The number of pyridine rings is 1. The highest BCUT2D eigenvalue weighted by molar-refractivity contribution is 5.96. The van der Waals surface area contributed by atoms with Crippen LogP contribution >= 0.6 is 0 Å². The van der Waals surface area contributed by atoms with Crippen molar-refractivity contribution in [2.24, 2.45) is 11.1 Å². The summed E-state index contributed by atoms with van der Waals surface area (Å²) in [5, 5.41) is 13.1. The number of aromatic nitrogens is 2. The number of nitrogens with one attached hydrogen (secondary N) is 1.